The lowest BCUT2D eigenvalue weighted by atomic mass is 9.70. The second-order valence-electron chi connectivity index (χ2n) is 5.92. The third-order valence-electron chi connectivity index (χ3n) is 5.07. The third-order valence-corrected chi connectivity index (χ3v) is 5.07. The predicted octanol–water partition coefficient (Wildman–Crippen LogP) is 3.87. The number of aromatic nitrogens is 1. The molecule has 0 aromatic carbocycles. The molecular formula is C12H14F3NO. The molecule has 1 fully saturated rings. The molecule has 2 bridgehead atoms. The molecule has 1 aromatic heterocycles. The lowest BCUT2D eigenvalue weighted by Crippen LogP contribution is -2.31. The van der Waals surface area contributed by atoms with Crippen LogP contribution in [0.4, 0.5) is 13.2 Å². The molecule has 1 heterocycles. The molecule has 0 radical (unpaired) electrons. The highest BCUT2D eigenvalue weighted by molar-refractivity contribution is 5.46. The molecule has 5 heteroatoms. The van der Waals surface area contributed by atoms with Gasteiger partial charge in [-0.2, -0.15) is 13.2 Å². The molecule has 1 saturated carbocycles. The first-order valence-corrected chi connectivity index (χ1v) is 5.77. The number of rotatable bonds is 0. The normalized spacial score (nSPS) is 34.1. The summed E-state index contributed by atoms with van der Waals surface area (Å²) in [5.74, 6) is 0.386. The van der Waals surface area contributed by atoms with E-state index >= 15 is 0 Å². The molecule has 17 heavy (non-hydrogen) atoms. The predicted molar refractivity (Wildman–Crippen MR) is 54.6 cm³/mol. The van der Waals surface area contributed by atoms with Crippen molar-refractivity contribution in [3.05, 3.63) is 17.0 Å². The van der Waals surface area contributed by atoms with Gasteiger partial charge in [0.2, 0.25) is 0 Å². The van der Waals surface area contributed by atoms with Crippen LogP contribution in [0.15, 0.2) is 4.52 Å². The van der Waals surface area contributed by atoms with Crippen LogP contribution < -0.4 is 0 Å². The summed E-state index contributed by atoms with van der Waals surface area (Å²) in [5.41, 5.74) is -0.974. The minimum absolute atomic E-state index is 0.0784. The fourth-order valence-corrected chi connectivity index (χ4v) is 3.63. The maximum absolute atomic E-state index is 12.9. The Morgan fingerprint density at radius 3 is 2.53 bits per heavy atom. The Morgan fingerprint density at radius 2 is 1.94 bits per heavy atom. The number of hydrogen-bond acceptors (Lipinski definition) is 2. The molecule has 0 amide bonds. The Hall–Kier alpha value is -1.00. The zero-order valence-corrected chi connectivity index (χ0v) is 9.98. The van der Waals surface area contributed by atoms with Crippen molar-refractivity contribution in [1.82, 2.24) is 5.16 Å². The van der Waals surface area contributed by atoms with E-state index in [-0.39, 0.29) is 16.7 Å². The van der Waals surface area contributed by atoms with E-state index in [0.29, 0.717) is 11.3 Å². The Labute approximate surface area is 97.2 Å². The van der Waals surface area contributed by atoms with Gasteiger partial charge in [0.15, 0.2) is 5.69 Å². The Bertz CT molecular complexity index is 488. The van der Waals surface area contributed by atoms with Gasteiger partial charge in [-0.05, 0) is 24.2 Å². The van der Waals surface area contributed by atoms with Crippen molar-refractivity contribution in [2.24, 2.45) is 5.41 Å². The summed E-state index contributed by atoms with van der Waals surface area (Å²) < 4.78 is 43.6. The molecule has 0 saturated heterocycles. The molecule has 2 aliphatic carbocycles. The largest absolute Gasteiger partial charge is 0.437 e. The van der Waals surface area contributed by atoms with Crippen LogP contribution in [0.25, 0.3) is 0 Å². The van der Waals surface area contributed by atoms with Crippen molar-refractivity contribution in [1.29, 1.82) is 0 Å². The van der Waals surface area contributed by atoms with E-state index < -0.39 is 11.9 Å². The van der Waals surface area contributed by atoms with Crippen LogP contribution >= 0.6 is 0 Å². The van der Waals surface area contributed by atoms with Crippen LogP contribution in [0, 0.1) is 5.41 Å². The first kappa shape index (κ1) is 11.1. The summed E-state index contributed by atoms with van der Waals surface area (Å²) in [6.45, 7) is 6.05. The average molecular weight is 245 g/mol. The van der Waals surface area contributed by atoms with Gasteiger partial charge in [-0.1, -0.05) is 25.9 Å². The lowest BCUT2D eigenvalue weighted by Gasteiger charge is -2.33. The number of hydrogen-bond donors (Lipinski definition) is 0. The van der Waals surface area contributed by atoms with E-state index in [1.54, 1.807) is 0 Å². The van der Waals surface area contributed by atoms with Crippen LogP contribution in [0.5, 0.6) is 0 Å². The summed E-state index contributed by atoms with van der Waals surface area (Å²) in [6, 6.07) is 0. The molecule has 2 unspecified atom stereocenters. The van der Waals surface area contributed by atoms with E-state index in [0.717, 1.165) is 12.8 Å². The zero-order chi connectivity index (χ0) is 12.6. The van der Waals surface area contributed by atoms with Gasteiger partial charge in [0.25, 0.3) is 0 Å². The van der Waals surface area contributed by atoms with Crippen LogP contribution in [-0.4, -0.2) is 5.16 Å². The lowest BCUT2D eigenvalue weighted by molar-refractivity contribution is -0.143. The highest BCUT2D eigenvalue weighted by Crippen LogP contribution is 2.69. The quantitative estimate of drug-likeness (QED) is 0.693. The second kappa shape index (κ2) is 2.70. The third kappa shape index (κ3) is 1.06. The Balaban J connectivity index is 2.24. The maximum Gasteiger partial charge on any atom is 0.437 e. The number of halogens is 3. The topological polar surface area (TPSA) is 26.0 Å². The van der Waals surface area contributed by atoms with Crippen molar-refractivity contribution >= 4 is 0 Å². The number of nitrogens with zero attached hydrogens (tertiary/aromatic N) is 1. The van der Waals surface area contributed by atoms with E-state index in [2.05, 4.69) is 5.16 Å². The van der Waals surface area contributed by atoms with Crippen molar-refractivity contribution in [2.45, 2.75) is 51.1 Å². The summed E-state index contributed by atoms with van der Waals surface area (Å²) in [4.78, 5) is 0. The smallest absolute Gasteiger partial charge is 0.360 e. The average Bonchev–Trinajstić information content (AvgIpc) is 2.73. The van der Waals surface area contributed by atoms with Gasteiger partial charge < -0.3 is 4.52 Å². The molecule has 2 atom stereocenters. The van der Waals surface area contributed by atoms with Crippen LogP contribution in [0.2, 0.25) is 0 Å². The van der Waals surface area contributed by atoms with Gasteiger partial charge in [0.05, 0.1) is 0 Å². The molecule has 0 N–H and O–H groups in total. The SMILES string of the molecule is CC12CCC(c3c(C(F)(F)F)noc31)C2(C)C. The van der Waals surface area contributed by atoms with Crippen LogP contribution in [0.1, 0.15) is 56.5 Å². The van der Waals surface area contributed by atoms with Crippen molar-refractivity contribution in [3.63, 3.8) is 0 Å². The fourth-order valence-electron chi connectivity index (χ4n) is 3.63. The standard InChI is InChI=1S/C12H14F3NO/c1-10(2)6-4-5-11(10,3)9-7(6)8(16-17-9)12(13,14)15/h6H,4-5H2,1-3H3. The van der Waals surface area contributed by atoms with Crippen LogP contribution in [-0.2, 0) is 11.6 Å². The zero-order valence-electron chi connectivity index (χ0n) is 9.98. The van der Waals surface area contributed by atoms with Gasteiger partial charge in [0.1, 0.15) is 5.76 Å². The number of fused-ring (bicyclic) bond motifs is 5. The van der Waals surface area contributed by atoms with E-state index in [1.165, 1.54) is 0 Å². The Kier molecular flexibility index (Phi) is 1.76. The van der Waals surface area contributed by atoms with Gasteiger partial charge in [0, 0.05) is 11.0 Å². The van der Waals surface area contributed by atoms with Crippen molar-refractivity contribution in [3.8, 4) is 0 Å². The summed E-state index contributed by atoms with van der Waals surface area (Å²) >= 11 is 0. The minimum Gasteiger partial charge on any atom is -0.360 e. The molecule has 2 aliphatic rings. The highest BCUT2D eigenvalue weighted by Gasteiger charge is 2.64. The van der Waals surface area contributed by atoms with E-state index in [4.69, 9.17) is 4.52 Å². The van der Waals surface area contributed by atoms with Gasteiger partial charge >= 0.3 is 6.18 Å². The minimum atomic E-state index is -4.41. The maximum atomic E-state index is 12.9. The summed E-state index contributed by atoms with van der Waals surface area (Å²) in [7, 11) is 0. The first-order chi connectivity index (χ1) is 7.69. The summed E-state index contributed by atoms with van der Waals surface area (Å²) in [6.07, 6.45) is -2.74. The van der Waals surface area contributed by atoms with Crippen molar-refractivity contribution < 1.29 is 17.7 Å². The number of alkyl halides is 3. The Morgan fingerprint density at radius 1 is 1.29 bits per heavy atom. The molecule has 1 aromatic rings. The molecular weight excluding hydrogens is 231 g/mol. The van der Waals surface area contributed by atoms with Crippen molar-refractivity contribution in [2.75, 3.05) is 0 Å². The van der Waals surface area contributed by atoms with Gasteiger partial charge in [-0.3, -0.25) is 0 Å². The van der Waals surface area contributed by atoms with Crippen LogP contribution in [0.3, 0.4) is 0 Å². The molecule has 2 nitrogen and oxygen atoms in total. The monoisotopic (exact) mass is 245 g/mol. The molecule has 0 spiro atoms. The molecule has 0 aliphatic heterocycles. The van der Waals surface area contributed by atoms with Gasteiger partial charge in [-0.25, -0.2) is 0 Å². The van der Waals surface area contributed by atoms with E-state index in [1.807, 2.05) is 20.8 Å². The molecule has 94 valence electrons. The van der Waals surface area contributed by atoms with E-state index in [9.17, 15) is 13.2 Å². The van der Waals surface area contributed by atoms with Gasteiger partial charge in [-0.15, -0.1) is 0 Å². The fraction of sp³-hybridized carbons (Fsp3) is 0.750. The first-order valence-electron chi connectivity index (χ1n) is 5.77. The molecule has 3 rings (SSSR count). The highest BCUT2D eigenvalue weighted by atomic mass is 19.4. The summed E-state index contributed by atoms with van der Waals surface area (Å²) in [5, 5.41) is 3.26. The second-order valence-corrected chi connectivity index (χ2v) is 5.92.